The van der Waals surface area contributed by atoms with Crippen LogP contribution in [-0.4, -0.2) is 42.0 Å². The van der Waals surface area contributed by atoms with E-state index in [4.69, 9.17) is 0 Å². The molecule has 0 atom stereocenters. The molecule has 1 fully saturated rings. The third kappa shape index (κ3) is 2.66. The van der Waals surface area contributed by atoms with Crippen LogP contribution in [0.4, 0.5) is 70.2 Å². The summed E-state index contributed by atoms with van der Waals surface area (Å²) >= 11 is 0. The van der Waals surface area contributed by atoms with Crippen molar-refractivity contribution in [3.05, 3.63) is 0 Å². The predicted octanol–water partition coefficient (Wildman–Crippen LogP) is 5.29. The van der Waals surface area contributed by atoms with Gasteiger partial charge in [0.15, 0.2) is 0 Å². The second kappa shape index (κ2) is 4.94. The summed E-state index contributed by atoms with van der Waals surface area (Å²) in [6, 6.07) is 0. The molecule has 140 valence electrons. The van der Waals surface area contributed by atoms with Crippen molar-refractivity contribution in [2.75, 3.05) is 0 Å². The fourth-order valence-corrected chi connectivity index (χ4v) is 0.887. The molecule has 0 heterocycles. The molecular formula is C7F16. The quantitative estimate of drug-likeness (QED) is 0.495. The molecule has 0 N–H and O–H groups in total. The SMILES string of the molecule is FC(F)(F)C(F)(F)C(F)(F)F.FC1(F)C(F)(F)C(F)(F)C1(F)F. The van der Waals surface area contributed by atoms with Gasteiger partial charge in [-0.15, -0.1) is 0 Å². The van der Waals surface area contributed by atoms with Crippen LogP contribution in [-0.2, 0) is 0 Å². The first-order chi connectivity index (χ1) is 9.50. The standard InChI is InChI=1S/C4F8.C3F8/c5-1(6)2(7,8)4(11,12)3(1,9)10;4-1(5,2(6,7)8)3(9,10)11. The van der Waals surface area contributed by atoms with Gasteiger partial charge >= 0.3 is 42.0 Å². The van der Waals surface area contributed by atoms with Crippen molar-refractivity contribution in [3.8, 4) is 0 Å². The van der Waals surface area contributed by atoms with Crippen molar-refractivity contribution in [2.24, 2.45) is 0 Å². The first-order valence-electron chi connectivity index (χ1n) is 4.52. The van der Waals surface area contributed by atoms with E-state index in [9.17, 15) is 70.2 Å². The van der Waals surface area contributed by atoms with Gasteiger partial charge < -0.3 is 0 Å². The smallest absolute Gasteiger partial charge is 0.192 e. The molecule has 16 heteroatoms. The van der Waals surface area contributed by atoms with Crippen LogP contribution in [0.3, 0.4) is 0 Å². The van der Waals surface area contributed by atoms with E-state index in [1.165, 1.54) is 0 Å². The number of rotatable bonds is 0. The Hall–Kier alpha value is -1.12. The third-order valence-electron chi connectivity index (χ3n) is 2.29. The highest BCUT2D eigenvalue weighted by Gasteiger charge is 3.01. The third-order valence-corrected chi connectivity index (χ3v) is 2.29. The Balaban J connectivity index is 0.000000423. The van der Waals surface area contributed by atoms with Gasteiger partial charge in [0.1, 0.15) is 0 Å². The Labute approximate surface area is 114 Å². The zero-order chi connectivity index (χ0) is 19.5. The van der Waals surface area contributed by atoms with Gasteiger partial charge in [-0.3, -0.25) is 0 Å². The van der Waals surface area contributed by atoms with Gasteiger partial charge in [-0.25, -0.2) is 0 Å². The van der Waals surface area contributed by atoms with Crippen LogP contribution >= 0.6 is 0 Å². The van der Waals surface area contributed by atoms with Crippen LogP contribution in [0.1, 0.15) is 0 Å². The first-order valence-corrected chi connectivity index (χ1v) is 4.52. The van der Waals surface area contributed by atoms with E-state index in [0.717, 1.165) is 0 Å². The molecule has 23 heavy (non-hydrogen) atoms. The highest BCUT2D eigenvalue weighted by Crippen LogP contribution is 2.69. The second-order valence-corrected chi connectivity index (χ2v) is 3.87. The van der Waals surface area contributed by atoms with Gasteiger partial charge in [0, 0.05) is 0 Å². The van der Waals surface area contributed by atoms with Crippen LogP contribution in [0.5, 0.6) is 0 Å². The predicted molar refractivity (Wildman–Crippen MR) is 36.8 cm³/mol. The number of hydrogen-bond donors (Lipinski definition) is 0. The van der Waals surface area contributed by atoms with Gasteiger partial charge in [0.2, 0.25) is 0 Å². The minimum absolute atomic E-state index is 5.97. The van der Waals surface area contributed by atoms with Crippen LogP contribution in [0, 0.1) is 0 Å². The van der Waals surface area contributed by atoms with Gasteiger partial charge in [-0.05, 0) is 0 Å². The molecule has 0 radical (unpaired) electrons. The zero-order valence-corrected chi connectivity index (χ0v) is 9.55. The maximum absolute atomic E-state index is 11.6. The average molecular weight is 388 g/mol. The van der Waals surface area contributed by atoms with E-state index in [2.05, 4.69) is 0 Å². The van der Waals surface area contributed by atoms with Crippen LogP contribution < -0.4 is 0 Å². The Morgan fingerprint density at radius 3 is 0.522 bits per heavy atom. The van der Waals surface area contributed by atoms with E-state index in [0.29, 0.717) is 0 Å². The van der Waals surface area contributed by atoms with E-state index in [1.54, 1.807) is 0 Å². The van der Waals surface area contributed by atoms with Crippen molar-refractivity contribution >= 4 is 0 Å². The van der Waals surface area contributed by atoms with Gasteiger partial charge in [0.25, 0.3) is 0 Å². The lowest BCUT2D eigenvalue weighted by Crippen LogP contribution is -2.82. The molecule has 0 unspecified atom stereocenters. The number of hydrogen-bond acceptors (Lipinski definition) is 0. The molecule has 0 nitrogen and oxygen atoms in total. The maximum atomic E-state index is 11.6. The average Bonchev–Trinajstić information content (AvgIpc) is 2.24. The molecule has 1 saturated carbocycles. The highest BCUT2D eigenvalue weighted by molar-refractivity contribution is 5.22. The summed E-state index contributed by atoms with van der Waals surface area (Å²) in [6.45, 7) is 0. The molecule has 0 aromatic heterocycles. The fourth-order valence-electron chi connectivity index (χ4n) is 0.887. The van der Waals surface area contributed by atoms with E-state index < -0.39 is 42.0 Å². The van der Waals surface area contributed by atoms with Crippen LogP contribution in [0.2, 0.25) is 0 Å². The molecule has 0 bridgehead atoms. The molecular weight excluding hydrogens is 388 g/mol. The molecule has 1 aliphatic carbocycles. The molecule has 0 aromatic carbocycles. The number of alkyl halides is 16. The minimum Gasteiger partial charge on any atom is -0.192 e. The summed E-state index contributed by atoms with van der Waals surface area (Å²) in [5.74, 6) is -30.5. The fraction of sp³-hybridized carbons (Fsp3) is 1.00. The van der Waals surface area contributed by atoms with Gasteiger partial charge in [-0.2, -0.15) is 70.2 Å². The largest absolute Gasteiger partial charge is 0.463 e. The minimum atomic E-state index is -6.62. The Morgan fingerprint density at radius 1 is 0.348 bits per heavy atom. The lowest BCUT2D eigenvalue weighted by molar-refractivity contribution is -0.506. The summed E-state index contributed by atoms with van der Waals surface area (Å²) < 4.78 is 180. The summed E-state index contributed by atoms with van der Waals surface area (Å²) in [6.07, 6.45) is -13.2. The molecule has 0 spiro atoms. The Kier molecular flexibility index (Phi) is 4.70. The molecule has 1 aliphatic rings. The molecule has 0 aliphatic heterocycles. The zero-order valence-electron chi connectivity index (χ0n) is 9.55. The highest BCUT2D eigenvalue weighted by atomic mass is 19.5. The molecule has 1 rings (SSSR count). The molecule has 0 aromatic rings. The summed E-state index contributed by atoms with van der Waals surface area (Å²) in [7, 11) is 0. The van der Waals surface area contributed by atoms with Crippen molar-refractivity contribution in [1.29, 1.82) is 0 Å². The summed E-state index contributed by atoms with van der Waals surface area (Å²) in [5.41, 5.74) is 0. The first kappa shape index (κ1) is 21.9. The summed E-state index contributed by atoms with van der Waals surface area (Å²) in [5, 5.41) is 0. The Morgan fingerprint density at radius 2 is 0.478 bits per heavy atom. The van der Waals surface area contributed by atoms with Crippen molar-refractivity contribution in [2.45, 2.75) is 42.0 Å². The second-order valence-electron chi connectivity index (χ2n) is 3.87. The van der Waals surface area contributed by atoms with Gasteiger partial charge in [-0.1, -0.05) is 0 Å². The molecule has 0 saturated heterocycles. The van der Waals surface area contributed by atoms with Crippen molar-refractivity contribution in [1.82, 2.24) is 0 Å². The molecule has 0 amide bonds. The van der Waals surface area contributed by atoms with Crippen molar-refractivity contribution < 1.29 is 70.2 Å². The summed E-state index contributed by atoms with van der Waals surface area (Å²) in [4.78, 5) is 0. The van der Waals surface area contributed by atoms with E-state index >= 15 is 0 Å². The van der Waals surface area contributed by atoms with Crippen LogP contribution in [0.15, 0.2) is 0 Å². The van der Waals surface area contributed by atoms with Gasteiger partial charge in [0.05, 0.1) is 0 Å². The van der Waals surface area contributed by atoms with E-state index in [1.807, 2.05) is 0 Å². The monoisotopic (exact) mass is 388 g/mol. The lowest BCUT2D eigenvalue weighted by Gasteiger charge is -2.49. The van der Waals surface area contributed by atoms with Crippen molar-refractivity contribution in [3.63, 3.8) is 0 Å². The van der Waals surface area contributed by atoms with E-state index in [-0.39, 0.29) is 0 Å². The normalized spacial score (nSPS) is 25.0. The Bertz CT molecular complexity index is 354. The van der Waals surface area contributed by atoms with Crippen LogP contribution in [0.25, 0.3) is 0 Å². The maximum Gasteiger partial charge on any atom is 0.463 e. The number of halogens is 16. The lowest BCUT2D eigenvalue weighted by atomic mass is 9.80. The topological polar surface area (TPSA) is 0 Å².